The molecule has 3 rings (SSSR count). The number of nitrogens with zero attached hydrogens (tertiary/aromatic N) is 1. The van der Waals surface area contributed by atoms with Crippen LogP contribution in [0, 0.1) is 12.7 Å². The monoisotopic (exact) mass is 379 g/mol. The zero-order valence-corrected chi connectivity index (χ0v) is 15.8. The van der Waals surface area contributed by atoms with Crippen LogP contribution in [0.3, 0.4) is 0 Å². The summed E-state index contributed by atoms with van der Waals surface area (Å²) in [7, 11) is 1.74. The van der Waals surface area contributed by atoms with Crippen molar-refractivity contribution in [3.05, 3.63) is 82.8 Å². The SMILES string of the molecule is CNc1ccc(-c2ncccc2CO)cc1C(=O)NCc1ccc(C)c(F)c1. The number of nitrogens with one attached hydrogen (secondary N) is 2. The molecule has 0 aliphatic carbocycles. The zero-order chi connectivity index (χ0) is 20.1. The summed E-state index contributed by atoms with van der Waals surface area (Å²) in [4.78, 5) is 17.1. The third-order valence-electron chi connectivity index (χ3n) is 4.56. The van der Waals surface area contributed by atoms with E-state index in [0.717, 1.165) is 5.56 Å². The summed E-state index contributed by atoms with van der Waals surface area (Å²) in [6.07, 6.45) is 1.64. The van der Waals surface area contributed by atoms with Crippen LogP contribution in [-0.4, -0.2) is 23.0 Å². The Labute approximate surface area is 163 Å². The Morgan fingerprint density at radius 3 is 2.71 bits per heavy atom. The van der Waals surface area contributed by atoms with Crippen molar-refractivity contribution >= 4 is 11.6 Å². The lowest BCUT2D eigenvalue weighted by atomic mass is 10.0. The van der Waals surface area contributed by atoms with Gasteiger partial charge in [-0.1, -0.05) is 24.3 Å². The maximum atomic E-state index is 13.7. The fraction of sp³-hybridized carbons (Fsp3) is 0.182. The molecule has 6 heteroatoms. The fourth-order valence-corrected chi connectivity index (χ4v) is 2.95. The molecule has 0 saturated heterocycles. The Hall–Kier alpha value is -3.25. The molecule has 1 amide bonds. The van der Waals surface area contributed by atoms with E-state index in [4.69, 9.17) is 0 Å². The Bertz CT molecular complexity index is 1000. The molecule has 0 aliphatic heterocycles. The van der Waals surface area contributed by atoms with Crippen molar-refractivity contribution < 1.29 is 14.3 Å². The lowest BCUT2D eigenvalue weighted by Gasteiger charge is -2.13. The normalized spacial score (nSPS) is 10.6. The van der Waals surface area contributed by atoms with E-state index < -0.39 is 0 Å². The molecule has 1 aromatic heterocycles. The first-order valence-electron chi connectivity index (χ1n) is 8.93. The molecule has 0 radical (unpaired) electrons. The molecule has 144 valence electrons. The van der Waals surface area contributed by atoms with Crippen LogP contribution >= 0.6 is 0 Å². The van der Waals surface area contributed by atoms with Crippen LogP contribution < -0.4 is 10.6 Å². The van der Waals surface area contributed by atoms with Gasteiger partial charge in [0.05, 0.1) is 17.9 Å². The van der Waals surface area contributed by atoms with Gasteiger partial charge in [0.2, 0.25) is 0 Å². The topological polar surface area (TPSA) is 74.2 Å². The molecule has 3 N–H and O–H groups in total. The third kappa shape index (κ3) is 4.18. The second-order valence-electron chi connectivity index (χ2n) is 6.45. The highest BCUT2D eigenvalue weighted by Gasteiger charge is 2.14. The molecule has 28 heavy (non-hydrogen) atoms. The molecule has 0 saturated carbocycles. The number of carbonyl (C=O) groups is 1. The molecule has 5 nitrogen and oxygen atoms in total. The number of aliphatic hydroxyl groups is 1. The van der Waals surface area contributed by atoms with Gasteiger partial charge in [-0.25, -0.2) is 4.39 Å². The molecule has 0 atom stereocenters. The average molecular weight is 379 g/mol. The Balaban J connectivity index is 1.87. The first-order chi connectivity index (χ1) is 13.5. The van der Waals surface area contributed by atoms with Crippen molar-refractivity contribution in [2.45, 2.75) is 20.1 Å². The van der Waals surface area contributed by atoms with E-state index in [9.17, 15) is 14.3 Å². The van der Waals surface area contributed by atoms with Gasteiger partial charge >= 0.3 is 0 Å². The average Bonchev–Trinajstić information content (AvgIpc) is 2.73. The van der Waals surface area contributed by atoms with Gasteiger partial charge in [0.15, 0.2) is 0 Å². The molecular formula is C22H22FN3O2. The van der Waals surface area contributed by atoms with Crippen LogP contribution in [0.1, 0.15) is 27.0 Å². The number of carbonyl (C=O) groups excluding carboxylic acids is 1. The van der Waals surface area contributed by atoms with Crippen molar-refractivity contribution in [1.29, 1.82) is 0 Å². The highest BCUT2D eigenvalue weighted by atomic mass is 19.1. The van der Waals surface area contributed by atoms with E-state index in [-0.39, 0.29) is 24.9 Å². The number of hydrogen-bond donors (Lipinski definition) is 3. The third-order valence-corrected chi connectivity index (χ3v) is 4.56. The van der Waals surface area contributed by atoms with Crippen molar-refractivity contribution in [2.75, 3.05) is 12.4 Å². The zero-order valence-electron chi connectivity index (χ0n) is 15.8. The molecule has 0 fully saturated rings. The van der Waals surface area contributed by atoms with E-state index in [2.05, 4.69) is 15.6 Å². The van der Waals surface area contributed by atoms with E-state index in [1.54, 1.807) is 56.6 Å². The van der Waals surface area contributed by atoms with E-state index in [0.29, 0.717) is 33.6 Å². The summed E-state index contributed by atoms with van der Waals surface area (Å²) in [5, 5.41) is 15.4. The largest absolute Gasteiger partial charge is 0.392 e. The summed E-state index contributed by atoms with van der Waals surface area (Å²) < 4.78 is 13.7. The predicted molar refractivity (Wildman–Crippen MR) is 107 cm³/mol. The minimum absolute atomic E-state index is 0.141. The maximum absolute atomic E-state index is 13.7. The summed E-state index contributed by atoms with van der Waals surface area (Å²) >= 11 is 0. The summed E-state index contributed by atoms with van der Waals surface area (Å²) in [5.41, 5.74) is 4.40. The van der Waals surface area contributed by atoms with E-state index >= 15 is 0 Å². The van der Waals surface area contributed by atoms with Crippen LogP contribution in [-0.2, 0) is 13.2 Å². The van der Waals surface area contributed by atoms with Crippen LogP contribution in [0.25, 0.3) is 11.3 Å². The minimum atomic E-state index is -0.295. The van der Waals surface area contributed by atoms with Crippen LogP contribution in [0.5, 0.6) is 0 Å². The number of rotatable bonds is 6. The molecule has 1 heterocycles. The first-order valence-corrected chi connectivity index (χ1v) is 8.93. The first kappa shape index (κ1) is 19.5. The Morgan fingerprint density at radius 2 is 2.00 bits per heavy atom. The number of anilines is 1. The molecule has 0 unspecified atom stereocenters. The van der Waals surface area contributed by atoms with Gasteiger partial charge in [0.1, 0.15) is 5.82 Å². The molecular weight excluding hydrogens is 357 g/mol. The minimum Gasteiger partial charge on any atom is -0.392 e. The quantitative estimate of drug-likeness (QED) is 0.611. The van der Waals surface area contributed by atoms with Gasteiger partial charge in [-0.15, -0.1) is 0 Å². The second kappa shape index (κ2) is 8.63. The summed E-state index contributed by atoms with van der Waals surface area (Å²) in [6.45, 7) is 1.77. The standard InChI is InChI=1S/C22H22FN3O2/c1-14-5-6-15(10-19(14)23)12-26-22(28)18-11-16(7-8-20(18)24-2)21-17(13-27)4-3-9-25-21/h3-11,24,27H,12-13H2,1-2H3,(H,26,28). The fourth-order valence-electron chi connectivity index (χ4n) is 2.95. The number of hydrogen-bond acceptors (Lipinski definition) is 4. The van der Waals surface area contributed by atoms with Gasteiger partial charge in [0, 0.05) is 36.6 Å². The highest BCUT2D eigenvalue weighted by Crippen LogP contribution is 2.26. The number of aliphatic hydroxyl groups excluding tert-OH is 1. The summed E-state index contributed by atoms with van der Waals surface area (Å²) in [6, 6.07) is 13.8. The lowest BCUT2D eigenvalue weighted by molar-refractivity contribution is 0.0951. The summed E-state index contributed by atoms with van der Waals surface area (Å²) in [5.74, 6) is -0.579. The number of pyridine rings is 1. The second-order valence-corrected chi connectivity index (χ2v) is 6.45. The van der Waals surface area contributed by atoms with Crippen LogP contribution in [0.4, 0.5) is 10.1 Å². The number of halogens is 1. The molecule has 2 aromatic carbocycles. The molecule has 0 spiro atoms. The van der Waals surface area contributed by atoms with Gasteiger partial charge in [-0.3, -0.25) is 9.78 Å². The number of aryl methyl sites for hydroxylation is 1. The van der Waals surface area contributed by atoms with Gasteiger partial charge < -0.3 is 15.7 Å². The Kier molecular flexibility index (Phi) is 6.01. The van der Waals surface area contributed by atoms with Crippen LogP contribution in [0.2, 0.25) is 0 Å². The van der Waals surface area contributed by atoms with Crippen molar-refractivity contribution in [3.8, 4) is 11.3 Å². The Morgan fingerprint density at radius 1 is 1.18 bits per heavy atom. The van der Waals surface area contributed by atoms with Crippen molar-refractivity contribution in [1.82, 2.24) is 10.3 Å². The molecule has 0 aliphatic rings. The van der Waals surface area contributed by atoms with Crippen LogP contribution in [0.15, 0.2) is 54.7 Å². The lowest BCUT2D eigenvalue weighted by Crippen LogP contribution is -2.24. The van der Waals surface area contributed by atoms with E-state index in [1.165, 1.54) is 6.07 Å². The van der Waals surface area contributed by atoms with E-state index in [1.807, 2.05) is 6.07 Å². The number of benzene rings is 2. The number of aromatic nitrogens is 1. The van der Waals surface area contributed by atoms with Gasteiger partial charge in [0.25, 0.3) is 5.91 Å². The van der Waals surface area contributed by atoms with Crippen molar-refractivity contribution in [2.24, 2.45) is 0 Å². The molecule has 3 aromatic rings. The van der Waals surface area contributed by atoms with Gasteiger partial charge in [-0.2, -0.15) is 0 Å². The van der Waals surface area contributed by atoms with Gasteiger partial charge in [-0.05, 0) is 42.3 Å². The maximum Gasteiger partial charge on any atom is 0.253 e. The van der Waals surface area contributed by atoms with Crippen molar-refractivity contribution in [3.63, 3.8) is 0 Å². The predicted octanol–water partition coefficient (Wildman–Crippen LogP) is 3.66. The molecule has 0 bridgehead atoms. The highest BCUT2D eigenvalue weighted by molar-refractivity contribution is 6.00. The smallest absolute Gasteiger partial charge is 0.253 e. The number of amides is 1.